The molecule has 1 unspecified atom stereocenters. The highest BCUT2D eigenvalue weighted by Gasteiger charge is 2.44. The van der Waals surface area contributed by atoms with E-state index in [9.17, 15) is 5.11 Å². The van der Waals surface area contributed by atoms with Gasteiger partial charge in [-0.2, -0.15) is 0 Å². The molecule has 3 nitrogen and oxygen atoms in total. The number of piperidine rings is 1. The number of nitrogens with two attached hydrogens (primary N) is 1. The zero-order chi connectivity index (χ0) is 11.6. The molecular weight excluding hydrogens is 220 g/mol. The second-order valence-electron chi connectivity index (χ2n) is 5.57. The Labute approximate surface area is 103 Å². The van der Waals surface area contributed by atoms with E-state index in [-0.39, 0.29) is 0 Å². The van der Waals surface area contributed by atoms with Crippen LogP contribution in [-0.2, 0) is 0 Å². The quantitative estimate of drug-likeness (QED) is 0.710. The van der Waals surface area contributed by atoms with Gasteiger partial charge >= 0.3 is 0 Å². The predicted molar refractivity (Wildman–Crippen MR) is 69.3 cm³/mol. The van der Waals surface area contributed by atoms with Crippen molar-refractivity contribution in [2.24, 2.45) is 17.1 Å². The molecule has 0 radical (unpaired) electrons. The summed E-state index contributed by atoms with van der Waals surface area (Å²) in [6.45, 7) is 3.69. The summed E-state index contributed by atoms with van der Waals surface area (Å²) >= 11 is 5.02. The Hall–Kier alpha value is -0.190. The third-order valence-electron chi connectivity index (χ3n) is 3.93. The first-order valence-corrected chi connectivity index (χ1v) is 6.66. The third kappa shape index (κ3) is 3.15. The Morgan fingerprint density at radius 3 is 2.81 bits per heavy atom. The summed E-state index contributed by atoms with van der Waals surface area (Å²) in [5, 5.41) is 9.20. The van der Waals surface area contributed by atoms with Gasteiger partial charge in [0, 0.05) is 26.1 Å². The standard InChI is InChI=1S/C12H22N2OS/c13-11(16)6-12(3-4-12)9-14-5-1-2-10(7-14)8-15/h10,15H,1-9H2,(H2,13,16). The molecule has 92 valence electrons. The van der Waals surface area contributed by atoms with Crippen molar-refractivity contribution in [3.8, 4) is 0 Å². The van der Waals surface area contributed by atoms with Gasteiger partial charge in [0.2, 0.25) is 0 Å². The van der Waals surface area contributed by atoms with Crippen LogP contribution < -0.4 is 5.73 Å². The zero-order valence-electron chi connectivity index (χ0n) is 9.82. The summed E-state index contributed by atoms with van der Waals surface area (Å²) in [6.07, 6.45) is 5.83. The van der Waals surface area contributed by atoms with Crippen LogP contribution in [0.25, 0.3) is 0 Å². The Bertz CT molecular complexity index is 266. The summed E-state index contributed by atoms with van der Waals surface area (Å²) in [7, 11) is 0. The summed E-state index contributed by atoms with van der Waals surface area (Å²) in [5.41, 5.74) is 6.04. The number of hydrogen-bond donors (Lipinski definition) is 2. The van der Waals surface area contributed by atoms with Gasteiger partial charge < -0.3 is 15.7 Å². The first-order valence-electron chi connectivity index (χ1n) is 6.25. The zero-order valence-corrected chi connectivity index (χ0v) is 10.6. The number of aliphatic hydroxyl groups is 1. The van der Waals surface area contributed by atoms with Crippen LogP contribution in [0.5, 0.6) is 0 Å². The average Bonchev–Trinajstić information content (AvgIpc) is 2.97. The van der Waals surface area contributed by atoms with E-state index in [1.807, 2.05) is 0 Å². The topological polar surface area (TPSA) is 49.5 Å². The van der Waals surface area contributed by atoms with Gasteiger partial charge in [-0.3, -0.25) is 0 Å². The van der Waals surface area contributed by atoms with Crippen molar-refractivity contribution in [1.29, 1.82) is 0 Å². The molecule has 0 aromatic carbocycles. The lowest BCUT2D eigenvalue weighted by atomic mass is 9.95. The molecule has 0 aromatic heterocycles. The molecule has 1 aliphatic carbocycles. The maximum atomic E-state index is 9.20. The van der Waals surface area contributed by atoms with E-state index >= 15 is 0 Å². The number of aliphatic hydroxyl groups excluding tert-OH is 1. The van der Waals surface area contributed by atoms with Gasteiger partial charge in [0.1, 0.15) is 0 Å². The van der Waals surface area contributed by atoms with Gasteiger partial charge in [-0.15, -0.1) is 0 Å². The lowest BCUT2D eigenvalue weighted by Crippen LogP contribution is -2.40. The summed E-state index contributed by atoms with van der Waals surface area (Å²) in [6, 6.07) is 0. The molecule has 16 heavy (non-hydrogen) atoms. The highest BCUT2D eigenvalue weighted by molar-refractivity contribution is 7.80. The molecule has 0 aromatic rings. The van der Waals surface area contributed by atoms with Gasteiger partial charge in [-0.1, -0.05) is 12.2 Å². The SMILES string of the molecule is NC(=S)CC1(CN2CCCC(CO)C2)CC1. The smallest absolute Gasteiger partial charge is 0.0733 e. The van der Waals surface area contributed by atoms with E-state index in [1.165, 1.54) is 32.2 Å². The summed E-state index contributed by atoms with van der Waals surface area (Å²) in [5.74, 6) is 0.481. The van der Waals surface area contributed by atoms with E-state index in [2.05, 4.69) is 4.90 Å². The van der Waals surface area contributed by atoms with Crippen molar-refractivity contribution in [2.45, 2.75) is 32.1 Å². The van der Waals surface area contributed by atoms with Crippen LogP contribution in [0, 0.1) is 11.3 Å². The first-order chi connectivity index (χ1) is 7.63. The van der Waals surface area contributed by atoms with Crippen LogP contribution in [0.1, 0.15) is 32.1 Å². The molecule has 2 fully saturated rings. The Morgan fingerprint density at radius 1 is 1.50 bits per heavy atom. The lowest BCUT2D eigenvalue weighted by Gasteiger charge is -2.34. The molecule has 4 heteroatoms. The molecule has 3 N–H and O–H groups in total. The molecule has 0 bridgehead atoms. The Morgan fingerprint density at radius 2 is 2.25 bits per heavy atom. The molecule has 1 heterocycles. The molecule has 2 rings (SSSR count). The largest absolute Gasteiger partial charge is 0.396 e. The number of nitrogens with zero attached hydrogens (tertiary/aromatic N) is 1. The predicted octanol–water partition coefficient (Wildman–Crippen LogP) is 1.15. The number of likely N-dealkylation sites (tertiary alicyclic amines) is 1. The molecule has 2 aliphatic rings. The Balaban J connectivity index is 1.82. The second kappa shape index (κ2) is 4.98. The van der Waals surface area contributed by atoms with Crippen LogP contribution in [0.3, 0.4) is 0 Å². The van der Waals surface area contributed by atoms with Crippen LogP contribution in [0.15, 0.2) is 0 Å². The fourth-order valence-electron chi connectivity index (χ4n) is 2.86. The van der Waals surface area contributed by atoms with E-state index in [4.69, 9.17) is 18.0 Å². The van der Waals surface area contributed by atoms with Gasteiger partial charge in [-0.25, -0.2) is 0 Å². The van der Waals surface area contributed by atoms with Crippen molar-refractivity contribution in [3.63, 3.8) is 0 Å². The molecule has 1 atom stereocenters. The minimum atomic E-state index is 0.332. The van der Waals surface area contributed by atoms with Crippen LogP contribution in [0.4, 0.5) is 0 Å². The van der Waals surface area contributed by atoms with Crippen molar-refractivity contribution in [3.05, 3.63) is 0 Å². The highest BCUT2D eigenvalue weighted by atomic mass is 32.1. The molecule has 0 spiro atoms. The van der Waals surface area contributed by atoms with E-state index in [0.29, 0.717) is 22.9 Å². The molecule has 0 amide bonds. The van der Waals surface area contributed by atoms with Crippen LogP contribution >= 0.6 is 12.2 Å². The lowest BCUT2D eigenvalue weighted by molar-refractivity contribution is 0.105. The molecule has 1 saturated heterocycles. The molecular formula is C12H22N2OS. The minimum absolute atomic E-state index is 0.332. The maximum absolute atomic E-state index is 9.20. The fourth-order valence-corrected chi connectivity index (χ4v) is 3.16. The summed E-state index contributed by atoms with van der Waals surface area (Å²) < 4.78 is 0. The Kier molecular flexibility index (Phi) is 3.82. The average molecular weight is 242 g/mol. The fraction of sp³-hybridized carbons (Fsp3) is 0.917. The molecule has 1 saturated carbocycles. The first kappa shape index (κ1) is 12.3. The van der Waals surface area contributed by atoms with Crippen molar-refractivity contribution >= 4 is 17.2 Å². The van der Waals surface area contributed by atoms with Crippen molar-refractivity contribution in [2.75, 3.05) is 26.2 Å². The second-order valence-corrected chi connectivity index (χ2v) is 6.09. The number of rotatable bonds is 5. The number of hydrogen-bond acceptors (Lipinski definition) is 3. The monoisotopic (exact) mass is 242 g/mol. The van der Waals surface area contributed by atoms with Gasteiger partial charge in [-0.05, 0) is 43.6 Å². The van der Waals surface area contributed by atoms with Gasteiger partial charge in [0.25, 0.3) is 0 Å². The molecule has 1 aliphatic heterocycles. The van der Waals surface area contributed by atoms with Crippen LogP contribution in [0.2, 0.25) is 0 Å². The third-order valence-corrected chi connectivity index (χ3v) is 4.07. The summed E-state index contributed by atoms with van der Waals surface area (Å²) in [4.78, 5) is 3.16. The number of thiocarbonyl (C=S) groups is 1. The van der Waals surface area contributed by atoms with E-state index < -0.39 is 0 Å². The van der Waals surface area contributed by atoms with Gasteiger partial charge in [0.05, 0.1) is 4.99 Å². The maximum Gasteiger partial charge on any atom is 0.0733 e. The van der Waals surface area contributed by atoms with Crippen LogP contribution in [-0.4, -0.2) is 41.2 Å². The van der Waals surface area contributed by atoms with E-state index in [1.54, 1.807) is 0 Å². The minimum Gasteiger partial charge on any atom is -0.396 e. The van der Waals surface area contributed by atoms with E-state index in [0.717, 1.165) is 19.5 Å². The highest BCUT2D eigenvalue weighted by Crippen LogP contribution is 2.49. The van der Waals surface area contributed by atoms with Crippen molar-refractivity contribution in [1.82, 2.24) is 4.90 Å². The van der Waals surface area contributed by atoms with Crippen molar-refractivity contribution < 1.29 is 5.11 Å². The van der Waals surface area contributed by atoms with Gasteiger partial charge in [0.15, 0.2) is 0 Å². The normalized spacial score (nSPS) is 28.9.